The Kier molecular flexibility index (Phi) is 6.70. The van der Waals surface area contributed by atoms with Gasteiger partial charge in [-0.05, 0) is 27.0 Å². The molecule has 0 bridgehead atoms. The molecule has 1 amide bonds. The molecule has 32 heavy (non-hydrogen) atoms. The maximum absolute atomic E-state index is 12.5. The maximum atomic E-state index is 12.5. The minimum Gasteiger partial charge on any atom is -0.367 e. The Hall–Kier alpha value is -2.60. The molecule has 170 valence electrons. The lowest BCUT2D eigenvalue weighted by atomic mass is 10.2. The van der Waals surface area contributed by atoms with Crippen LogP contribution in [0.25, 0.3) is 11.0 Å². The molecular weight excluding hydrogens is 448 g/mol. The Balaban J connectivity index is 1.40. The third-order valence-corrected chi connectivity index (χ3v) is 6.61. The van der Waals surface area contributed by atoms with E-state index in [1.807, 2.05) is 6.26 Å². The van der Waals surface area contributed by atoms with Gasteiger partial charge in [-0.15, -0.1) is 0 Å². The summed E-state index contributed by atoms with van der Waals surface area (Å²) < 4.78 is 3.41. The first-order valence-electron chi connectivity index (χ1n) is 10.4. The van der Waals surface area contributed by atoms with Crippen molar-refractivity contribution in [3.8, 4) is 0 Å². The number of aromatic nitrogens is 6. The van der Waals surface area contributed by atoms with E-state index in [1.54, 1.807) is 22.4 Å². The summed E-state index contributed by atoms with van der Waals surface area (Å²) >= 11 is 2.99. The van der Waals surface area contributed by atoms with Gasteiger partial charge in [0.05, 0.1) is 24.2 Å². The number of rotatable bonds is 8. The second-order valence-corrected chi connectivity index (χ2v) is 9.63. The third-order valence-electron chi connectivity index (χ3n) is 4.97. The van der Waals surface area contributed by atoms with Gasteiger partial charge in [0.2, 0.25) is 5.91 Å². The number of thioether (sulfide) groups is 2. The molecule has 2 N–H and O–H groups in total. The zero-order valence-electron chi connectivity index (χ0n) is 18.5. The van der Waals surface area contributed by atoms with E-state index in [2.05, 4.69) is 44.5 Å². The van der Waals surface area contributed by atoms with Gasteiger partial charge in [0.25, 0.3) is 5.56 Å². The second kappa shape index (κ2) is 9.49. The molecule has 4 heterocycles. The van der Waals surface area contributed by atoms with Crippen molar-refractivity contribution in [3.05, 3.63) is 28.3 Å². The SMILES string of the molecule is CSc1nc(NC(C)C)c2cnn(CCNC(=O)CC3CSc4nc(C)cc(=O)n43)c2n1. The fraction of sp³-hybridized carbons (Fsp3) is 0.500. The lowest BCUT2D eigenvalue weighted by molar-refractivity contribution is -0.121. The number of hydrogen-bond donors (Lipinski definition) is 2. The van der Waals surface area contributed by atoms with Gasteiger partial charge in [0, 0.05) is 36.5 Å². The number of nitrogens with zero attached hydrogens (tertiary/aromatic N) is 6. The van der Waals surface area contributed by atoms with Crippen molar-refractivity contribution in [1.29, 1.82) is 0 Å². The monoisotopic (exact) mass is 474 g/mol. The first kappa shape index (κ1) is 22.6. The average molecular weight is 475 g/mol. The molecule has 1 aliphatic rings. The first-order valence-corrected chi connectivity index (χ1v) is 12.6. The quantitative estimate of drug-likeness (QED) is 0.373. The average Bonchev–Trinajstić information content (AvgIpc) is 3.32. The van der Waals surface area contributed by atoms with E-state index in [9.17, 15) is 9.59 Å². The van der Waals surface area contributed by atoms with E-state index >= 15 is 0 Å². The number of nitrogens with one attached hydrogen (secondary N) is 2. The Morgan fingerprint density at radius 1 is 1.34 bits per heavy atom. The van der Waals surface area contributed by atoms with Crippen molar-refractivity contribution < 1.29 is 4.79 Å². The Morgan fingerprint density at radius 3 is 2.91 bits per heavy atom. The van der Waals surface area contributed by atoms with Gasteiger partial charge in [0.15, 0.2) is 16.0 Å². The van der Waals surface area contributed by atoms with E-state index < -0.39 is 0 Å². The van der Waals surface area contributed by atoms with Crippen LogP contribution in [0.4, 0.5) is 5.82 Å². The molecule has 3 aromatic rings. The van der Waals surface area contributed by atoms with Gasteiger partial charge in [0.1, 0.15) is 5.82 Å². The van der Waals surface area contributed by atoms with E-state index in [1.165, 1.54) is 29.6 Å². The largest absolute Gasteiger partial charge is 0.367 e. The van der Waals surface area contributed by atoms with Crippen molar-refractivity contribution in [2.24, 2.45) is 0 Å². The molecule has 0 fully saturated rings. The lowest BCUT2D eigenvalue weighted by Gasteiger charge is -2.13. The fourth-order valence-corrected chi connectivity index (χ4v) is 5.13. The van der Waals surface area contributed by atoms with Crippen molar-refractivity contribution in [3.63, 3.8) is 0 Å². The van der Waals surface area contributed by atoms with Crippen LogP contribution in [0.3, 0.4) is 0 Å². The molecule has 3 aromatic heterocycles. The summed E-state index contributed by atoms with van der Waals surface area (Å²) in [5, 5.41) is 12.9. The smallest absolute Gasteiger partial charge is 0.254 e. The number of aryl methyl sites for hydroxylation is 1. The molecule has 0 saturated carbocycles. The van der Waals surface area contributed by atoms with E-state index in [0.717, 1.165) is 16.9 Å². The van der Waals surface area contributed by atoms with Crippen molar-refractivity contribution >= 4 is 46.3 Å². The highest BCUT2D eigenvalue weighted by Crippen LogP contribution is 2.31. The molecule has 10 nitrogen and oxygen atoms in total. The first-order chi connectivity index (χ1) is 15.4. The van der Waals surface area contributed by atoms with Gasteiger partial charge in [-0.3, -0.25) is 14.2 Å². The van der Waals surface area contributed by atoms with Crippen LogP contribution in [0, 0.1) is 6.92 Å². The van der Waals surface area contributed by atoms with Crippen LogP contribution < -0.4 is 16.2 Å². The highest BCUT2D eigenvalue weighted by atomic mass is 32.2. The van der Waals surface area contributed by atoms with Crippen LogP contribution >= 0.6 is 23.5 Å². The lowest BCUT2D eigenvalue weighted by Crippen LogP contribution is -2.32. The summed E-state index contributed by atoms with van der Waals surface area (Å²) in [5.41, 5.74) is 1.33. The summed E-state index contributed by atoms with van der Waals surface area (Å²) in [6.45, 7) is 6.81. The minimum atomic E-state index is -0.178. The van der Waals surface area contributed by atoms with Crippen LogP contribution in [-0.2, 0) is 11.3 Å². The molecule has 0 saturated heterocycles. The number of hydrogen-bond acceptors (Lipinski definition) is 9. The highest BCUT2D eigenvalue weighted by Gasteiger charge is 2.27. The molecule has 12 heteroatoms. The maximum Gasteiger partial charge on any atom is 0.254 e. The van der Waals surface area contributed by atoms with Crippen LogP contribution in [0.15, 0.2) is 27.4 Å². The van der Waals surface area contributed by atoms with Gasteiger partial charge in [-0.2, -0.15) is 5.10 Å². The van der Waals surface area contributed by atoms with E-state index in [0.29, 0.717) is 34.8 Å². The number of amides is 1. The summed E-state index contributed by atoms with van der Waals surface area (Å²) in [6.07, 6.45) is 3.93. The van der Waals surface area contributed by atoms with Crippen LogP contribution in [0.2, 0.25) is 0 Å². The third kappa shape index (κ3) is 4.75. The molecule has 0 aromatic carbocycles. The summed E-state index contributed by atoms with van der Waals surface area (Å²) in [7, 11) is 0. The minimum absolute atomic E-state index is 0.103. The van der Waals surface area contributed by atoms with Gasteiger partial charge in [-0.1, -0.05) is 23.5 Å². The second-order valence-electron chi connectivity index (χ2n) is 7.87. The van der Waals surface area contributed by atoms with E-state index in [4.69, 9.17) is 0 Å². The van der Waals surface area contributed by atoms with Crippen LogP contribution in [0.1, 0.15) is 32.0 Å². The van der Waals surface area contributed by atoms with Gasteiger partial charge < -0.3 is 10.6 Å². The number of fused-ring (bicyclic) bond motifs is 2. The molecule has 4 rings (SSSR count). The molecule has 0 radical (unpaired) electrons. The molecule has 0 aliphatic carbocycles. The summed E-state index contributed by atoms with van der Waals surface area (Å²) in [6, 6.07) is 1.56. The summed E-state index contributed by atoms with van der Waals surface area (Å²) in [5.74, 6) is 1.33. The van der Waals surface area contributed by atoms with Crippen molar-refractivity contribution in [2.75, 3.05) is 23.9 Å². The molecule has 1 aliphatic heterocycles. The normalized spacial score (nSPS) is 15.3. The zero-order chi connectivity index (χ0) is 22.8. The molecule has 1 atom stereocenters. The topological polar surface area (TPSA) is 120 Å². The molecule has 0 spiro atoms. The van der Waals surface area contributed by atoms with Crippen molar-refractivity contribution in [1.82, 2.24) is 34.6 Å². The van der Waals surface area contributed by atoms with Gasteiger partial charge >= 0.3 is 0 Å². The van der Waals surface area contributed by atoms with Crippen LogP contribution in [0.5, 0.6) is 0 Å². The highest BCUT2D eigenvalue weighted by molar-refractivity contribution is 7.99. The van der Waals surface area contributed by atoms with E-state index in [-0.39, 0.29) is 30.0 Å². The fourth-order valence-electron chi connectivity index (χ4n) is 3.57. The number of carbonyl (C=O) groups excluding carboxylic acids is 1. The molecule has 1 unspecified atom stereocenters. The zero-order valence-corrected chi connectivity index (χ0v) is 20.1. The van der Waals surface area contributed by atoms with Crippen LogP contribution in [-0.4, -0.2) is 59.8 Å². The Labute approximate surface area is 194 Å². The number of carbonyl (C=O) groups is 1. The van der Waals surface area contributed by atoms with Crippen molar-refractivity contribution in [2.45, 2.75) is 56.1 Å². The Morgan fingerprint density at radius 2 is 2.16 bits per heavy atom. The predicted octanol–water partition coefficient (Wildman–Crippen LogP) is 2.09. The Bertz CT molecular complexity index is 1210. The standard InChI is InChI=1S/C20H26N8O2S2/c1-11(2)23-17-14-9-22-27(18(14)26-19(25-17)31-4)6-5-21-15(29)8-13-10-32-20-24-12(3)7-16(30)28(13)20/h7,9,11,13H,5-6,8,10H2,1-4H3,(H,21,29)(H,23,25,26). The summed E-state index contributed by atoms with van der Waals surface area (Å²) in [4.78, 5) is 38.4. The molecular formula is C20H26N8O2S2. The van der Waals surface area contributed by atoms with Gasteiger partial charge in [-0.25, -0.2) is 19.6 Å². The number of anilines is 1. The predicted molar refractivity (Wildman–Crippen MR) is 126 cm³/mol.